The van der Waals surface area contributed by atoms with Crippen molar-refractivity contribution in [2.45, 2.75) is 26.7 Å². The first-order valence-electron chi connectivity index (χ1n) is 5.93. The number of rotatable bonds is 3. The molecule has 0 bridgehead atoms. The molecule has 0 aliphatic heterocycles. The number of halogens is 1. The number of nitrogens with one attached hydrogen (secondary N) is 1. The van der Waals surface area contributed by atoms with Crippen molar-refractivity contribution in [2.75, 3.05) is 0 Å². The molecule has 0 amide bonds. The van der Waals surface area contributed by atoms with Gasteiger partial charge in [-0.25, -0.2) is 4.98 Å². The van der Waals surface area contributed by atoms with E-state index in [-0.39, 0.29) is 5.56 Å². The molecule has 0 saturated carbocycles. The van der Waals surface area contributed by atoms with Gasteiger partial charge in [-0.15, -0.1) is 0 Å². The SMILES string of the molecule is CCc1nc(Cc2ccc(Br)cc2)[nH]c(=O)c1C. The molecule has 94 valence electrons. The van der Waals surface area contributed by atoms with E-state index in [2.05, 4.69) is 25.9 Å². The summed E-state index contributed by atoms with van der Waals surface area (Å²) in [6.45, 7) is 3.83. The van der Waals surface area contributed by atoms with Gasteiger partial charge in [-0.3, -0.25) is 4.79 Å². The molecule has 0 unspecified atom stereocenters. The Labute approximate surface area is 114 Å². The van der Waals surface area contributed by atoms with Gasteiger partial charge in [-0.1, -0.05) is 35.0 Å². The highest BCUT2D eigenvalue weighted by Crippen LogP contribution is 2.12. The van der Waals surface area contributed by atoms with Gasteiger partial charge in [0.1, 0.15) is 5.82 Å². The van der Waals surface area contributed by atoms with E-state index in [1.165, 1.54) is 0 Å². The van der Waals surface area contributed by atoms with E-state index in [4.69, 9.17) is 0 Å². The minimum atomic E-state index is -0.0334. The number of benzene rings is 1. The lowest BCUT2D eigenvalue weighted by Crippen LogP contribution is -2.17. The number of H-pyrrole nitrogens is 1. The highest BCUT2D eigenvalue weighted by atomic mass is 79.9. The summed E-state index contributed by atoms with van der Waals surface area (Å²) in [7, 11) is 0. The fourth-order valence-corrected chi connectivity index (χ4v) is 2.12. The first-order chi connectivity index (χ1) is 8.60. The van der Waals surface area contributed by atoms with Crippen LogP contribution in [0.1, 0.15) is 29.6 Å². The van der Waals surface area contributed by atoms with E-state index >= 15 is 0 Å². The average molecular weight is 307 g/mol. The number of hydrogen-bond donors (Lipinski definition) is 1. The summed E-state index contributed by atoms with van der Waals surface area (Å²) in [6.07, 6.45) is 1.43. The van der Waals surface area contributed by atoms with Crippen LogP contribution in [0.2, 0.25) is 0 Å². The van der Waals surface area contributed by atoms with Gasteiger partial charge in [0.05, 0.1) is 5.69 Å². The van der Waals surface area contributed by atoms with Crippen molar-refractivity contribution in [3.63, 3.8) is 0 Å². The van der Waals surface area contributed by atoms with Gasteiger partial charge in [0.25, 0.3) is 5.56 Å². The van der Waals surface area contributed by atoms with Crippen LogP contribution in [0.25, 0.3) is 0 Å². The van der Waals surface area contributed by atoms with Crippen molar-refractivity contribution < 1.29 is 0 Å². The molecule has 0 fully saturated rings. The van der Waals surface area contributed by atoms with Crippen molar-refractivity contribution in [1.29, 1.82) is 0 Å². The Morgan fingerprint density at radius 3 is 2.56 bits per heavy atom. The van der Waals surface area contributed by atoms with E-state index in [1.807, 2.05) is 38.1 Å². The fourth-order valence-electron chi connectivity index (χ4n) is 1.85. The second-order valence-electron chi connectivity index (χ2n) is 4.24. The third kappa shape index (κ3) is 2.88. The Balaban J connectivity index is 2.32. The second kappa shape index (κ2) is 5.48. The molecule has 1 heterocycles. The van der Waals surface area contributed by atoms with E-state index < -0.39 is 0 Å². The molecule has 1 aromatic carbocycles. The Bertz CT molecular complexity index is 602. The summed E-state index contributed by atoms with van der Waals surface area (Å²) in [6, 6.07) is 8.02. The minimum Gasteiger partial charge on any atom is -0.310 e. The van der Waals surface area contributed by atoms with Crippen molar-refractivity contribution in [3.05, 3.63) is 61.7 Å². The zero-order valence-electron chi connectivity index (χ0n) is 10.5. The standard InChI is InChI=1S/C14H15BrN2O/c1-3-12-9(2)14(18)17-13(16-12)8-10-4-6-11(15)7-5-10/h4-7H,3,8H2,1-2H3,(H,16,17,18). The normalized spacial score (nSPS) is 10.6. The zero-order valence-corrected chi connectivity index (χ0v) is 12.0. The van der Waals surface area contributed by atoms with Crippen molar-refractivity contribution in [2.24, 2.45) is 0 Å². The zero-order chi connectivity index (χ0) is 13.1. The molecule has 1 N–H and O–H groups in total. The molecular formula is C14H15BrN2O. The molecule has 0 radical (unpaired) electrons. The van der Waals surface area contributed by atoms with Gasteiger partial charge in [0.15, 0.2) is 0 Å². The maximum absolute atomic E-state index is 11.8. The molecule has 1 aromatic heterocycles. The van der Waals surface area contributed by atoms with E-state index in [1.54, 1.807) is 0 Å². The first kappa shape index (κ1) is 13.0. The molecule has 0 saturated heterocycles. The van der Waals surface area contributed by atoms with E-state index in [0.29, 0.717) is 6.42 Å². The van der Waals surface area contributed by atoms with Crippen molar-refractivity contribution in [1.82, 2.24) is 9.97 Å². The largest absolute Gasteiger partial charge is 0.310 e. The second-order valence-corrected chi connectivity index (χ2v) is 5.16. The van der Waals surface area contributed by atoms with Gasteiger partial charge < -0.3 is 4.98 Å². The van der Waals surface area contributed by atoms with Crippen LogP contribution in [0.3, 0.4) is 0 Å². The van der Waals surface area contributed by atoms with Crippen LogP contribution >= 0.6 is 15.9 Å². The van der Waals surface area contributed by atoms with Crippen LogP contribution in [0.15, 0.2) is 33.5 Å². The Morgan fingerprint density at radius 1 is 1.28 bits per heavy atom. The van der Waals surface area contributed by atoms with Gasteiger partial charge in [0, 0.05) is 16.5 Å². The predicted molar refractivity (Wildman–Crippen MR) is 75.9 cm³/mol. The van der Waals surface area contributed by atoms with Crippen LogP contribution in [0, 0.1) is 6.92 Å². The molecule has 2 aromatic rings. The average Bonchev–Trinajstić information content (AvgIpc) is 2.36. The summed E-state index contributed by atoms with van der Waals surface area (Å²) in [5.41, 5.74) is 2.70. The quantitative estimate of drug-likeness (QED) is 0.947. The van der Waals surface area contributed by atoms with E-state index in [0.717, 1.165) is 33.5 Å². The van der Waals surface area contributed by atoms with Crippen molar-refractivity contribution in [3.8, 4) is 0 Å². The van der Waals surface area contributed by atoms with Gasteiger partial charge in [-0.2, -0.15) is 0 Å². The smallest absolute Gasteiger partial charge is 0.254 e. The highest BCUT2D eigenvalue weighted by Gasteiger charge is 2.06. The minimum absolute atomic E-state index is 0.0334. The Hall–Kier alpha value is -1.42. The molecule has 3 nitrogen and oxygen atoms in total. The summed E-state index contributed by atoms with van der Waals surface area (Å²) in [5.74, 6) is 0.727. The molecule has 2 rings (SSSR count). The topological polar surface area (TPSA) is 45.8 Å². The summed E-state index contributed by atoms with van der Waals surface area (Å²) in [4.78, 5) is 19.1. The summed E-state index contributed by atoms with van der Waals surface area (Å²) in [5, 5.41) is 0. The van der Waals surface area contributed by atoms with Crippen LogP contribution in [0.4, 0.5) is 0 Å². The molecule has 0 spiro atoms. The first-order valence-corrected chi connectivity index (χ1v) is 6.72. The predicted octanol–water partition coefficient (Wildman–Crippen LogP) is 2.99. The lowest BCUT2D eigenvalue weighted by molar-refractivity contribution is 0.868. The summed E-state index contributed by atoms with van der Waals surface area (Å²) >= 11 is 3.40. The summed E-state index contributed by atoms with van der Waals surface area (Å²) < 4.78 is 1.05. The number of aromatic nitrogens is 2. The van der Waals surface area contributed by atoms with Crippen LogP contribution in [-0.4, -0.2) is 9.97 Å². The van der Waals surface area contributed by atoms with Gasteiger partial charge in [0.2, 0.25) is 0 Å². The molecule has 4 heteroatoms. The molecular weight excluding hydrogens is 292 g/mol. The van der Waals surface area contributed by atoms with Crippen LogP contribution in [-0.2, 0) is 12.8 Å². The molecule has 18 heavy (non-hydrogen) atoms. The Morgan fingerprint density at radius 2 is 1.94 bits per heavy atom. The maximum atomic E-state index is 11.8. The third-order valence-electron chi connectivity index (χ3n) is 2.92. The third-order valence-corrected chi connectivity index (χ3v) is 3.45. The van der Waals surface area contributed by atoms with E-state index in [9.17, 15) is 4.79 Å². The van der Waals surface area contributed by atoms with Gasteiger partial charge >= 0.3 is 0 Å². The lowest BCUT2D eigenvalue weighted by atomic mass is 10.1. The number of aryl methyl sites for hydroxylation is 1. The number of hydrogen-bond acceptors (Lipinski definition) is 2. The molecule has 0 aliphatic rings. The fraction of sp³-hybridized carbons (Fsp3) is 0.286. The monoisotopic (exact) mass is 306 g/mol. The number of nitrogens with zero attached hydrogens (tertiary/aromatic N) is 1. The van der Waals surface area contributed by atoms with Gasteiger partial charge in [-0.05, 0) is 31.0 Å². The van der Waals surface area contributed by atoms with Crippen LogP contribution < -0.4 is 5.56 Å². The lowest BCUT2D eigenvalue weighted by Gasteiger charge is -2.06. The Kier molecular flexibility index (Phi) is 3.97. The molecule has 0 aliphatic carbocycles. The maximum Gasteiger partial charge on any atom is 0.254 e. The molecule has 0 atom stereocenters. The van der Waals surface area contributed by atoms with Crippen LogP contribution in [0.5, 0.6) is 0 Å². The number of aromatic amines is 1. The highest BCUT2D eigenvalue weighted by molar-refractivity contribution is 9.10. The van der Waals surface area contributed by atoms with Crippen molar-refractivity contribution >= 4 is 15.9 Å².